The van der Waals surface area contributed by atoms with Crippen molar-refractivity contribution in [2.75, 3.05) is 64.3 Å². The summed E-state index contributed by atoms with van der Waals surface area (Å²) in [6, 6.07) is 13.4. The molecule has 31 heavy (non-hydrogen) atoms. The van der Waals surface area contributed by atoms with Crippen LogP contribution in [-0.2, 0) is 23.7 Å². The fourth-order valence-corrected chi connectivity index (χ4v) is 2.45. The molecule has 0 aliphatic rings. The first-order chi connectivity index (χ1) is 15.1. The molecule has 0 spiro atoms. The molecule has 0 aliphatic carbocycles. The van der Waals surface area contributed by atoms with E-state index in [9.17, 15) is 9.59 Å². The Balaban J connectivity index is 1.38. The topological polar surface area (TPSA) is 132 Å². The maximum atomic E-state index is 11.8. The first kappa shape index (κ1) is 24.1. The van der Waals surface area contributed by atoms with Crippen LogP contribution < -0.4 is 11.5 Å². The average molecular weight is 432 g/mol. The van der Waals surface area contributed by atoms with Crippen molar-refractivity contribution >= 4 is 23.3 Å². The Bertz CT molecular complexity index is 762. The molecular formula is C22H28N2O7. The molecule has 0 bridgehead atoms. The first-order valence-corrected chi connectivity index (χ1v) is 9.86. The van der Waals surface area contributed by atoms with E-state index in [0.717, 1.165) is 0 Å². The Labute approximate surface area is 181 Å². The van der Waals surface area contributed by atoms with E-state index in [1.54, 1.807) is 48.5 Å². The molecule has 0 atom stereocenters. The number of ether oxygens (including phenoxy) is 5. The zero-order valence-electron chi connectivity index (χ0n) is 17.3. The van der Waals surface area contributed by atoms with Gasteiger partial charge in [0.15, 0.2) is 0 Å². The lowest BCUT2D eigenvalue weighted by Gasteiger charge is -2.09. The highest BCUT2D eigenvalue weighted by Crippen LogP contribution is 2.12. The van der Waals surface area contributed by atoms with Gasteiger partial charge in [-0.25, -0.2) is 9.59 Å². The zero-order chi connectivity index (χ0) is 22.3. The number of carbonyl (C=O) groups is 2. The van der Waals surface area contributed by atoms with Gasteiger partial charge in [-0.1, -0.05) is 24.3 Å². The van der Waals surface area contributed by atoms with Gasteiger partial charge in [-0.15, -0.1) is 0 Å². The molecule has 0 unspecified atom stereocenters. The van der Waals surface area contributed by atoms with E-state index in [1.807, 2.05) is 0 Å². The Morgan fingerprint density at radius 1 is 0.548 bits per heavy atom. The predicted molar refractivity (Wildman–Crippen MR) is 115 cm³/mol. The highest BCUT2D eigenvalue weighted by molar-refractivity contribution is 5.95. The van der Waals surface area contributed by atoms with Crippen LogP contribution in [-0.4, -0.2) is 64.8 Å². The van der Waals surface area contributed by atoms with Crippen LogP contribution in [0.15, 0.2) is 48.5 Å². The number of nitrogens with two attached hydrogens (primary N) is 2. The van der Waals surface area contributed by atoms with Crippen molar-refractivity contribution in [3.8, 4) is 0 Å². The van der Waals surface area contributed by atoms with Gasteiger partial charge in [0.25, 0.3) is 0 Å². The minimum atomic E-state index is -0.479. The summed E-state index contributed by atoms with van der Waals surface area (Å²) < 4.78 is 26.2. The third kappa shape index (κ3) is 9.04. The third-order valence-corrected chi connectivity index (χ3v) is 4.03. The number of nitrogen functional groups attached to an aromatic ring is 2. The molecule has 0 aromatic heterocycles. The number of hydrogen-bond acceptors (Lipinski definition) is 9. The molecule has 0 aliphatic heterocycles. The fraction of sp³-hybridized carbons (Fsp3) is 0.364. The largest absolute Gasteiger partial charge is 0.460 e. The van der Waals surface area contributed by atoms with Crippen LogP contribution in [0.2, 0.25) is 0 Å². The number of anilines is 2. The number of esters is 2. The zero-order valence-corrected chi connectivity index (χ0v) is 17.3. The van der Waals surface area contributed by atoms with Gasteiger partial charge in [-0.2, -0.15) is 0 Å². The lowest BCUT2D eigenvalue weighted by atomic mass is 10.2. The van der Waals surface area contributed by atoms with Gasteiger partial charge in [0, 0.05) is 11.4 Å². The van der Waals surface area contributed by atoms with E-state index in [-0.39, 0.29) is 26.4 Å². The number of benzene rings is 2. The van der Waals surface area contributed by atoms with Crippen molar-refractivity contribution in [3.05, 3.63) is 59.7 Å². The minimum absolute atomic E-state index is 0.129. The summed E-state index contributed by atoms with van der Waals surface area (Å²) in [7, 11) is 0. The lowest BCUT2D eigenvalue weighted by Crippen LogP contribution is -2.16. The molecule has 9 heteroatoms. The summed E-state index contributed by atoms with van der Waals surface area (Å²) in [5.74, 6) is -0.957. The number of rotatable bonds is 14. The molecule has 0 saturated carbocycles. The van der Waals surface area contributed by atoms with Crippen molar-refractivity contribution < 1.29 is 33.3 Å². The van der Waals surface area contributed by atoms with E-state index < -0.39 is 11.9 Å². The van der Waals surface area contributed by atoms with Gasteiger partial charge in [-0.3, -0.25) is 0 Å². The average Bonchev–Trinajstić information content (AvgIpc) is 2.77. The monoisotopic (exact) mass is 432 g/mol. The van der Waals surface area contributed by atoms with Gasteiger partial charge >= 0.3 is 11.9 Å². The SMILES string of the molecule is Nc1ccccc1C(=O)OCCOCCOCCOCCOC(=O)c1ccccc1N. The highest BCUT2D eigenvalue weighted by Gasteiger charge is 2.10. The number of para-hydroxylation sites is 2. The molecule has 2 rings (SSSR count). The summed E-state index contributed by atoms with van der Waals surface area (Å²) in [4.78, 5) is 23.7. The maximum absolute atomic E-state index is 11.8. The molecule has 0 amide bonds. The first-order valence-electron chi connectivity index (χ1n) is 9.86. The van der Waals surface area contributed by atoms with Crippen molar-refractivity contribution in [2.45, 2.75) is 0 Å². The molecule has 168 valence electrons. The van der Waals surface area contributed by atoms with Crippen LogP contribution in [0.25, 0.3) is 0 Å². The fourth-order valence-electron chi connectivity index (χ4n) is 2.45. The summed E-state index contributed by atoms with van der Waals surface area (Å²) in [5.41, 5.74) is 12.9. The molecule has 0 radical (unpaired) electrons. The maximum Gasteiger partial charge on any atom is 0.340 e. The summed E-state index contributed by atoms with van der Waals surface area (Å²) in [6.07, 6.45) is 0. The molecule has 0 saturated heterocycles. The Morgan fingerprint density at radius 3 is 1.23 bits per heavy atom. The molecule has 9 nitrogen and oxygen atoms in total. The molecular weight excluding hydrogens is 404 g/mol. The van der Waals surface area contributed by atoms with Crippen molar-refractivity contribution in [2.24, 2.45) is 0 Å². The molecule has 0 heterocycles. The van der Waals surface area contributed by atoms with Crippen LogP contribution in [0, 0.1) is 0 Å². The van der Waals surface area contributed by atoms with E-state index in [4.69, 9.17) is 35.2 Å². The van der Waals surface area contributed by atoms with Crippen LogP contribution in [0.3, 0.4) is 0 Å². The van der Waals surface area contributed by atoms with Gasteiger partial charge in [0.2, 0.25) is 0 Å². The van der Waals surface area contributed by atoms with Gasteiger partial charge in [0.1, 0.15) is 13.2 Å². The molecule has 2 aromatic rings. The quantitative estimate of drug-likeness (QED) is 0.261. The standard InChI is InChI=1S/C22H28N2O7/c23-19-7-3-1-5-17(19)21(25)30-15-13-28-11-9-27-10-12-29-14-16-31-22(26)18-6-2-4-8-20(18)24/h1-8H,9-16,23-24H2. The number of carbonyl (C=O) groups excluding carboxylic acids is 2. The van der Waals surface area contributed by atoms with E-state index in [1.165, 1.54) is 0 Å². The normalized spacial score (nSPS) is 10.6. The van der Waals surface area contributed by atoms with E-state index >= 15 is 0 Å². The third-order valence-electron chi connectivity index (χ3n) is 4.03. The second-order valence-corrected chi connectivity index (χ2v) is 6.28. The summed E-state index contributed by atoms with van der Waals surface area (Å²) in [6.45, 7) is 2.26. The summed E-state index contributed by atoms with van der Waals surface area (Å²) in [5, 5.41) is 0. The van der Waals surface area contributed by atoms with Crippen LogP contribution in [0.5, 0.6) is 0 Å². The molecule has 4 N–H and O–H groups in total. The summed E-state index contributed by atoms with van der Waals surface area (Å²) >= 11 is 0. The van der Waals surface area contributed by atoms with Crippen molar-refractivity contribution in [1.82, 2.24) is 0 Å². The Morgan fingerprint density at radius 2 is 0.871 bits per heavy atom. The van der Waals surface area contributed by atoms with Crippen LogP contribution in [0.4, 0.5) is 11.4 Å². The molecule has 0 fully saturated rings. The Hall–Kier alpha value is -3.14. The lowest BCUT2D eigenvalue weighted by molar-refractivity contribution is -0.00671. The predicted octanol–water partition coefficient (Wildman–Crippen LogP) is 1.91. The second kappa shape index (κ2) is 14.0. The van der Waals surface area contributed by atoms with Gasteiger partial charge < -0.3 is 35.2 Å². The second-order valence-electron chi connectivity index (χ2n) is 6.28. The van der Waals surface area contributed by atoms with Crippen LogP contribution in [0.1, 0.15) is 20.7 Å². The smallest absolute Gasteiger partial charge is 0.340 e. The van der Waals surface area contributed by atoms with Crippen molar-refractivity contribution in [1.29, 1.82) is 0 Å². The highest BCUT2D eigenvalue weighted by atomic mass is 16.6. The van der Waals surface area contributed by atoms with E-state index in [2.05, 4.69) is 0 Å². The minimum Gasteiger partial charge on any atom is -0.460 e. The van der Waals surface area contributed by atoms with Crippen LogP contribution >= 0.6 is 0 Å². The van der Waals surface area contributed by atoms with Crippen molar-refractivity contribution in [3.63, 3.8) is 0 Å². The van der Waals surface area contributed by atoms with Gasteiger partial charge in [-0.05, 0) is 24.3 Å². The number of hydrogen-bond donors (Lipinski definition) is 2. The van der Waals surface area contributed by atoms with E-state index in [0.29, 0.717) is 48.9 Å². The van der Waals surface area contributed by atoms with Gasteiger partial charge in [0.05, 0.1) is 50.8 Å². The Kier molecular flexibility index (Phi) is 10.9. The molecule has 2 aromatic carbocycles.